The van der Waals surface area contributed by atoms with E-state index in [0.717, 1.165) is 0 Å². The molecular weight excluding hydrogens is 420 g/mol. The predicted molar refractivity (Wildman–Crippen MR) is 119 cm³/mol. The topological polar surface area (TPSA) is 113 Å². The van der Waals surface area contributed by atoms with Crippen LogP contribution in [0.4, 0.5) is 21.9 Å². The Kier molecular flexibility index (Phi) is 5.78. The molecule has 1 unspecified atom stereocenters. The summed E-state index contributed by atoms with van der Waals surface area (Å²) in [5, 5.41) is 2.51. The number of halogens is 1. The standard InChI is InChI=1S/C22H23ClN4O4/c1-21(2,3)18(29)22(23,19(30)25-15-9-7-8-14(24)12-15)27-17(28)13-26(20(27)31)16-10-5-4-6-11-16/h4-12H,13,24H2,1-3H3,(H,25,30). The van der Waals surface area contributed by atoms with E-state index in [1.54, 1.807) is 69.3 Å². The first-order chi connectivity index (χ1) is 14.5. The molecule has 9 heteroatoms. The zero-order valence-electron chi connectivity index (χ0n) is 17.4. The maximum atomic E-state index is 13.3. The lowest BCUT2D eigenvalue weighted by Crippen LogP contribution is -2.63. The van der Waals surface area contributed by atoms with Crippen LogP contribution in [-0.2, 0) is 14.4 Å². The van der Waals surface area contributed by atoms with E-state index >= 15 is 0 Å². The number of amides is 4. The Hall–Kier alpha value is -3.39. The molecule has 1 aliphatic rings. The third kappa shape index (κ3) is 4.11. The largest absolute Gasteiger partial charge is 0.399 e. The van der Waals surface area contributed by atoms with Crippen molar-refractivity contribution in [1.82, 2.24) is 4.90 Å². The van der Waals surface area contributed by atoms with E-state index in [0.29, 0.717) is 16.3 Å². The number of benzene rings is 2. The third-order valence-corrected chi connectivity index (χ3v) is 5.28. The molecule has 4 amide bonds. The number of imide groups is 1. The molecule has 0 saturated carbocycles. The van der Waals surface area contributed by atoms with Crippen LogP contribution in [0.3, 0.4) is 0 Å². The number of ketones is 1. The molecule has 162 valence electrons. The van der Waals surface area contributed by atoms with Gasteiger partial charge in [0.05, 0.1) is 0 Å². The van der Waals surface area contributed by atoms with Gasteiger partial charge in [-0.25, -0.2) is 9.69 Å². The zero-order valence-corrected chi connectivity index (χ0v) is 18.1. The molecule has 0 radical (unpaired) electrons. The highest BCUT2D eigenvalue weighted by Gasteiger charge is 2.60. The molecule has 2 aromatic carbocycles. The fourth-order valence-electron chi connectivity index (χ4n) is 3.25. The summed E-state index contributed by atoms with van der Waals surface area (Å²) in [6, 6.07) is 13.9. The second-order valence-corrected chi connectivity index (χ2v) is 8.76. The summed E-state index contributed by atoms with van der Waals surface area (Å²) in [6.45, 7) is 4.32. The number of carbonyl (C=O) groups excluding carboxylic acids is 4. The van der Waals surface area contributed by atoms with Crippen molar-refractivity contribution < 1.29 is 19.2 Å². The average molecular weight is 443 g/mol. The number of Topliss-reactive ketones (excluding diaryl/α,β-unsaturated/α-hetero) is 1. The molecule has 3 rings (SSSR count). The van der Waals surface area contributed by atoms with Crippen molar-refractivity contribution in [1.29, 1.82) is 0 Å². The van der Waals surface area contributed by atoms with Crippen molar-refractivity contribution in [2.45, 2.75) is 25.8 Å². The van der Waals surface area contributed by atoms with Crippen LogP contribution < -0.4 is 16.0 Å². The number of nitrogen functional groups attached to an aromatic ring is 1. The van der Waals surface area contributed by atoms with Gasteiger partial charge in [0.1, 0.15) is 6.54 Å². The number of nitrogens with one attached hydrogen (secondary N) is 1. The van der Waals surface area contributed by atoms with Gasteiger partial charge in [0.25, 0.3) is 16.8 Å². The second-order valence-electron chi connectivity index (χ2n) is 8.21. The minimum absolute atomic E-state index is 0.274. The number of para-hydroxylation sites is 1. The van der Waals surface area contributed by atoms with Crippen LogP contribution in [0, 0.1) is 5.41 Å². The Balaban J connectivity index is 2.04. The number of anilines is 3. The molecule has 8 nitrogen and oxygen atoms in total. The highest BCUT2D eigenvalue weighted by molar-refractivity contribution is 6.50. The molecule has 31 heavy (non-hydrogen) atoms. The van der Waals surface area contributed by atoms with E-state index in [1.807, 2.05) is 0 Å². The van der Waals surface area contributed by atoms with Crippen molar-refractivity contribution in [2.75, 3.05) is 22.5 Å². The van der Waals surface area contributed by atoms with Gasteiger partial charge in [0.15, 0.2) is 5.78 Å². The number of carbonyl (C=O) groups is 4. The first kappa shape index (κ1) is 22.3. The molecule has 1 saturated heterocycles. The SMILES string of the molecule is CC(C)(C)C(=O)C(Cl)(C(=O)Nc1cccc(N)c1)N1C(=O)CN(c2ccccc2)C1=O. The van der Waals surface area contributed by atoms with Gasteiger partial charge in [-0.1, -0.05) is 56.6 Å². The van der Waals surface area contributed by atoms with E-state index in [-0.39, 0.29) is 12.2 Å². The van der Waals surface area contributed by atoms with Crippen LogP contribution in [0.2, 0.25) is 0 Å². The number of rotatable bonds is 5. The van der Waals surface area contributed by atoms with Crippen molar-refractivity contribution in [2.24, 2.45) is 5.41 Å². The van der Waals surface area contributed by atoms with Crippen molar-refractivity contribution >= 4 is 52.3 Å². The van der Waals surface area contributed by atoms with Gasteiger partial charge in [0, 0.05) is 22.5 Å². The van der Waals surface area contributed by atoms with Gasteiger partial charge in [-0.3, -0.25) is 19.3 Å². The highest BCUT2D eigenvalue weighted by atomic mass is 35.5. The summed E-state index contributed by atoms with van der Waals surface area (Å²) >= 11 is 6.63. The van der Waals surface area contributed by atoms with Crippen LogP contribution in [0.1, 0.15) is 20.8 Å². The fourth-order valence-corrected chi connectivity index (χ4v) is 3.75. The lowest BCUT2D eigenvalue weighted by atomic mass is 9.85. The summed E-state index contributed by atoms with van der Waals surface area (Å²) in [7, 11) is 0. The molecule has 2 aromatic rings. The van der Waals surface area contributed by atoms with E-state index < -0.39 is 34.0 Å². The number of hydrogen-bond acceptors (Lipinski definition) is 5. The highest BCUT2D eigenvalue weighted by Crippen LogP contribution is 2.37. The summed E-state index contributed by atoms with van der Waals surface area (Å²) in [5.74, 6) is -2.57. The quantitative estimate of drug-likeness (QED) is 0.243. The minimum atomic E-state index is -2.58. The van der Waals surface area contributed by atoms with E-state index in [2.05, 4.69) is 5.32 Å². The van der Waals surface area contributed by atoms with Crippen LogP contribution in [0.5, 0.6) is 0 Å². The van der Waals surface area contributed by atoms with Crippen LogP contribution >= 0.6 is 11.6 Å². The average Bonchev–Trinajstić information content (AvgIpc) is 3.01. The second kappa shape index (κ2) is 8.03. The monoisotopic (exact) mass is 442 g/mol. The maximum Gasteiger partial charge on any atom is 0.334 e. The van der Waals surface area contributed by atoms with E-state index in [4.69, 9.17) is 17.3 Å². The number of hydrogen-bond donors (Lipinski definition) is 2. The molecule has 1 atom stereocenters. The lowest BCUT2D eigenvalue weighted by Gasteiger charge is -2.36. The van der Waals surface area contributed by atoms with Gasteiger partial charge >= 0.3 is 6.03 Å². The Morgan fingerprint density at radius 1 is 1.03 bits per heavy atom. The molecule has 1 aliphatic heterocycles. The number of nitrogens with two attached hydrogens (primary N) is 1. The van der Waals surface area contributed by atoms with Crippen LogP contribution in [0.15, 0.2) is 54.6 Å². The van der Waals surface area contributed by atoms with Crippen molar-refractivity contribution in [3.8, 4) is 0 Å². The third-order valence-electron chi connectivity index (χ3n) is 4.77. The minimum Gasteiger partial charge on any atom is -0.399 e. The van der Waals surface area contributed by atoms with Crippen LogP contribution in [0.25, 0.3) is 0 Å². The summed E-state index contributed by atoms with van der Waals surface area (Å²) in [4.78, 5) is 51.8. The molecule has 3 N–H and O–H groups in total. The summed E-state index contributed by atoms with van der Waals surface area (Å²) in [5.41, 5.74) is 5.71. The first-order valence-electron chi connectivity index (χ1n) is 9.56. The first-order valence-corrected chi connectivity index (χ1v) is 9.94. The van der Waals surface area contributed by atoms with Gasteiger partial charge in [-0.2, -0.15) is 0 Å². The van der Waals surface area contributed by atoms with Gasteiger partial charge < -0.3 is 11.1 Å². The van der Waals surface area contributed by atoms with Gasteiger partial charge in [0.2, 0.25) is 0 Å². The van der Waals surface area contributed by atoms with Crippen LogP contribution in [-0.4, -0.2) is 40.1 Å². The Bertz CT molecular complexity index is 1050. The van der Waals surface area contributed by atoms with Crippen molar-refractivity contribution in [3.05, 3.63) is 54.6 Å². The summed E-state index contributed by atoms with van der Waals surface area (Å²) < 4.78 is 0. The van der Waals surface area contributed by atoms with Crippen molar-refractivity contribution in [3.63, 3.8) is 0 Å². The van der Waals surface area contributed by atoms with Gasteiger partial charge in [-0.05, 0) is 30.3 Å². The van der Waals surface area contributed by atoms with E-state index in [9.17, 15) is 19.2 Å². The number of alkyl halides is 1. The smallest absolute Gasteiger partial charge is 0.334 e. The predicted octanol–water partition coefficient (Wildman–Crippen LogP) is 3.23. The number of nitrogens with zero attached hydrogens (tertiary/aromatic N) is 2. The number of urea groups is 1. The Morgan fingerprint density at radius 2 is 1.68 bits per heavy atom. The molecule has 0 aliphatic carbocycles. The molecule has 0 bridgehead atoms. The molecule has 0 spiro atoms. The lowest BCUT2D eigenvalue weighted by molar-refractivity contribution is -0.145. The summed E-state index contributed by atoms with van der Waals surface area (Å²) in [6.07, 6.45) is 0. The Morgan fingerprint density at radius 3 is 2.26 bits per heavy atom. The maximum absolute atomic E-state index is 13.3. The van der Waals surface area contributed by atoms with E-state index in [1.165, 1.54) is 11.0 Å². The Labute approximate surface area is 184 Å². The molecular formula is C22H23ClN4O4. The zero-order chi connectivity index (χ0) is 23.0. The van der Waals surface area contributed by atoms with Gasteiger partial charge in [-0.15, -0.1) is 0 Å². The molecule has 1 fully saturated rings. The molecule has 1 heterocycles. The molecule has 0 aromatic heterocycles. The normalized spacial score (nSPS) is 16.3. The fraction of sp³-hybridized carbons (Fsp3) is 0.273.